The molecular formula is C20H30ClN3O3. The Morgan fingerprint density at radius 3 is 2.52 bits per heavy atom. The molecule has 1 amide bonds. The summed E-state index contributed by atoms with van der Waals surface area (Å²) in [4.78, 5) is 14.9. The van der Waals surface area contributed by atoms with Gasteiger partial charge in [-0.15, -0.1) is 0 Å². The fourth-order valence-corrected chi connectivity index (χ4v) is 4.33. The molecule has 0 radical (unpaired) electrons. The van der Waals surface area contributed by atoms with Crippen molar-refractivity contribution in [3.05, 3.63) is 16.7 Å². The number of piperidine rings is 1. The van der Waals surface area contributed by atoms with Gasteiger partial charge in [-0.3, -0.25) is 4.79 Å². The maximum absolute atomic E-state index is 12.4. The lowest BCUT2D eigenvalue weighted by Gasteiger charge is -2.37. The van der Waals surface area contributed by atoms with Gasteiger partial charge in [0.15, 0.2) is 11.5 Å². The Bertz CT molecular complexity index is 690. The van der Waals surface area contributed by atoms with Crippen LogP contribution in [0.15, 0.2) is 6.07 Å². The summed E-state index contributed by atoms with van der Waals surface area (Å²) in [5, 5.41) is 0.370. The van der Waals surface area contributed by atoms with E-state index in [4.69, 9.17) is 32.5 Å². The van der Waals surface area contributed by atoms with Gasteiger partial charge >= 0.3 is 0 Å². The molecule has 27 heavy (non-hydrogen) atoms. The van der Waals surface area contributed by atoms with Crippen LogP contribution >= 0.6 is 11.6 Å². The lowest BCUT2D eigenvalue weighted by atomic mass is 9.78. The number of anilines is 1. The average molecular weight is 396 g/mol. The molecule has 2 aliphatic rings. The highest BCUT2D eigenvalue weighted by Gasteiger charge is 2.36. The van der Waals surface area contributed by atoms with E-state index >= 15 is 0 Å². The van der Waals surface area contributed by atoms with E-state index < -0.39 is 5.92 Å². The minimum absolute atomic E-state index is 0.157. The third kappa shape index (κ3) is 4.27. The summed E-state index contributed by atoms with van der Waals surface area (Å²) in [6, 6.07) is 1.73. The standard InChI is InChI=1S/C20H30ClN3O3/c1-3-12(2)11-24-6-4-13(5-7-24)16(20(23)25)14-10-15(21)17(22)19-18(14)26-8-9-27-19/h10,12-13,16H,3-9,11,22H2,1-2H3,(H2,23,25). The number of carbonyl (C=O) groups excluding carboxylic acids is 1. The molecule has 0 aliphatic carbocycles. The van der Waals surface area contributed by atoms with Gasteiger partial charge in [-0.05, 0) is 43.8 Å². The van der Waals surface area contributed by atoms with Gasteiger partial charge in [0.25, 0.3) is 0 Å². The van der Waals surface area contributed by atoms with Gasteiger partial charge in [0, 0.05) is 12.1 Å². The van der Waals surface area contributed by atoms with Crippen molar-refractivity contribution in [3.8, 4) is 11.5 Å². The predicted molar refractivity (Wildman–Crippen MR) is 107 cm³/mol. The lowest BCUT2D eigenvalue weighted by molar-refractivity contribution is -0.121. The third-order valence-electron chi connectivity index (χ3n) is 5.84. The molecule has 2 heterocycles. The number of benzene rings is 1. The fourth-order valence-electron chi connectivity index (χ4n) is 4.13. The number of primary amides is 1. The van der Waals surface area contributed by atoms with Crippen molar-refractivity contribution >= 4 is 23.2 Å². The zero-order valence-corrected chi connectivity index (χ0v) is 16.9. The molecule has 6 nitrogen and oxygen atoms in total. The Balaban J connectivity index is 1.84. The van der Waals surface area contributed by atoms with Gasteiger partial charge in [0.05, 0.1) is 16.6 Å². The smallest absolute Gasteiger partial charge is 0.225 e. The highest BCUT2D eigenvalue weighted by atomic mass is 35.5. The molecule has 1 aromatic carbocycles. The molecule has 2 unspecified atom stereocenters. The molecule has 1 aromatic rings. The van der Waals surface area contributed by atoms with Crippen LogP contribution in [0.4, 0.5) is 5.69 Å². The van der Waals surface area contributed by atoms with Crippen molar-refractivity contribution in [2.24, 2.45) is 17.6 Å². The second kappa shape index (κ2) is 8.57. The van der Waals surface area contributed by atoms with Crippen LogP contribution in [0.2, 0.25) is 5.02 Å². The molecule has 7 heteroatoms. The summed E-state index contributed by atoms with van der Waals surface area (Å²) < 4.78 is 11.5. The van der Waals surface area contributed by atoms with Crippen molar-refractivity contribution in [3.63, 3.8) is 0 Å². The van der Waals surface area contributed by atoms with E-state index in [-0.39, 0.29) is 11.8 Å². The molecule has 4 N–H and O–H groups in total. The Labute approximate surface area is 166 Å². The zero-order chi connectivity index (χ0) is 19.6. The molecule has 0 saturated carbocycles. The number of nitrogens with two attached hydrogens (primary N) is 2. The molecule has 2 atom stereocenters. The minimum Gasteiger partial charge on any atom is -0.486 e. The van der Waals surface area contributed by atoms with Crippen LogP contribution in [0.1, 0.15) is 44.6 Å². The molecule has 1 saturated heterocycles. The molecule has 2 aliphatic heterocycles. The molecule has 1 fully saturated rings. The van der Waals surface area contributed by atoms with Crippen LogP contribution in [-0.4, -0.2) is 43.7 Å². The number of amides is 1. The van der Waals surface area contributed by atoms with Crippen LogP contribution in [0.5, 0.6) is 11.5 Å². The van der Waals surface area contributed by atoms with E-state index in [1.165, 1.54) is 6.42 Å². The number of likely N-dealkylation sites (tertiary alicyclic amines) is 1. The van der Waals surface area contributed by atoms with Crippen LogP contribution in [0.25, 0.3) is 0 Å². The Morgan fingerprint density at radius 1 is 1.30 bits per heavy atom. The maximum Gasteiger partial charge on any atom is 0.225 e. The SMILES string of the molecule is CCC(C)CN1CCC(C(C(N)=O)c2cc(Cl)c(N)c3c2OCCO3)CC1. The van der Waals surface area contributed by atoms with Gasteiger partial charge in [-0.25, -0.2) is 0 Å². The first-order valence-corrected chi connectivity index (χ1v) is 10.2. The number of nitrogen functional groups attached to an aromatic ring is 1. The Kier molecular flexibility index (Phi) is 6.37. The van der Waals surface area contributed by atoms with Crippen molar-refractivity contribution in [2.75, 3.05) is 38.6 Å². The van der Waals surface area contributed by atoms with E-state index in [0.29, 0.717) is 46.9 Å². The van der Waals surface area contributed by atoms with Crippen molar-refractivity contribution in [1.82, 2.24) is 4.90 Å². The number of hydrogen-bond donors (Lipinski definition) is 2. The number of fused-ring (bicyclic) bond motifs is 1. The molecule has 0 spiro atoms. The van der Waals surface area contributed by atoms with Crippen LogP contribution < -0.4 is 20.9 Å². The minimum atomic E-state index is -0.454. The summed E-state index contributed by atoms with van der Waals surface area (Å²) >= 11 is 6.31. The number of halogens is 1. The summed E-state index contributed by atoms with van der Waals surface area (Å²) in [7, 11) is 0. The van der Waals surface area contributed by atoms with Crippen molar-refractivity contribution < 1.29 is 14.3 Å². The topological polar surface area (TPSA) is 90.8 Å². The average Bonchev–Trinajstić information content (AvgIpc) is 2.67. The fraction of sp³-hybridized carbons (Fsp3) is 0.650. The summed E-state index contributed by atoms with van der Waals surface area (Å²) in [5.74, 6) is 0.988. The van der Waals surface area contributed by atoms with Crippen LogP contribution in [0.3, 0.4) is 0 Å². The summed E-state index contributed by atoms with van der Waals surface area (Å²) in [6.45, 7) is 8.37. The number of hydrogen-bond acceptors (Lipinski definition) is 5. The van der Waals surface area contributed by atoms with Crippen molar-refractivity contribution in [1.29, 1.82) is 0 Å². The van der Waals surface area contributed by atoms with Crippen LogP contribution in [0, 0.1) is 11.8 Å². The first-order chi connectivity index (χ1) is 12.9. The molecule has 150 valence electrons. The monoisotopic (exact) mass is 395 g/mol. The van der Waals surface area contributed by atoms with E-state index in [0.717, 1.165) is 32.5 Å². The Morgan fingerprint density at radius 2 is 1.93 bits per heavy atom. The molecule has 0 bridgehead atoms. The zero-order valence-electron chi connectivity index (χ0n) is 16.2. The Hall–Kier alpha value is -1.66. The predicted octanol–water partition coefficient (Wildman–Crippen LogP) is 3.02. The van der Waals surface area contributed by atoms with Gasteiger partial charge in [-0.1, -0.05) is 31.9 Å². The van der Waals surface area contributed by atoms with Gasteiger partial charge in [0.2, 0.25) is 5.91 Å². The number of rotatable bonds is 6. The van der Waals surface area contributed by atoms with Gasteiger partial charge in [-0.2, -0.15) is 0 Å². The highest BCUT2D eigenvalue weighted by Crippen LogP contribution is 2.48. The molecule has 3 rings (SSSR count). The molecule has 0 aromatic heterocycles. The van der Waals surface area contributed by atoms with Gasteiger partial charge in [0.1, 0.15) is 13.2 Å². The molecular weight excluding hydrogens is 366 g/mol. The summed E-state index contributed by atoms with van der Waals surface area (Å²) in [5.41, 5.74) is 12.9. The number of nitrogens with zero attached hydrogens (tertiary/aromatic N) is 1. The lowest BCUT2D eigenvalue weighted by Crippen LogP contribution is -2.40. The van der Waals surface area contributed by atoms with Crippen LogP contribution in [-0.2, 0) is 4.79 Å². The third-order valence-corrected chi connectivity index (χ3v) is 6.15. The quantitative estimate of drug-likeness (QED) is 0.722. The van der Waals surface area contributed by atoms with E-state index in [1.807, 2.05) is 0 Å². The highest BCUT2D eigenvalue weighted by molar-refractivity contribution is 6.33. The van der Waals surface area contributed by atoms with Gasteiger partial charge < -0.3 is 25.8 Å². The van der Waals surface area contributed by atoms with Crippen molar-refractivity contribution in [2.45, 2.75) is 39.0 Å². The second-order valence-electron chi connectivity index (χ2n) is 7.75. The largest absolute Gasteiger partial charge is 0.486 e. The number of carbonyl (C=O) groups is 1. The van der Waals surface area contributed by atoms with E-state index in [9.17, 15) is 4.79 Å². The maximum atomic E-state index is 12.4. The second-order valence-corrected chi connectivity index (χ2v) is 8.16. The normalized spacial score (nSPS) is 20.3. The first kappa shape index (κ1) is 20.1. The number of ether oxygens (including phenoxy) is 2. The first-order valence-electron chi connectivity index (χ1n) is 9.81. The summed E-state index contributed by atoms with van der Waals surface area (Å²) in [6.07, 6.45) is 3.01. The van der Waals surface area contributed by atoms with E-state index in [1.54, 1.807) is 6.07 Å². The van der Waals surface area contributed by atoms with E-state index in [2.05, 4.69) is 18.7 Å².